The average molecular weight is 1380 g/mol. The predicted octanol–water partition coefficient (Wildman–Crippen LogP) is 24.5. The molecule has 0 N–H and O–H groups in total. The van der Waals surface area contributed by atoms with Crippen LogP contribution in [0.4, 0.5) is 0 Å². The van der Waals surface area contributed by atoms with Crippen molar-refractivity contribution in [3.63, 3.8) is 0 Å². The zero-order chi connectivity index (χ0) is 98.3. The fourth-order valence-corrected chi connectivity index (χ4v) is 14.9. The lowest BCUT2D eigenvalue weighted by Crippen LogP contribution is -2.06. The van der Waals surface area contributed by atoms with E-state index in [1.165, 1.54) is 4.57 Å². The standard InChI is InChI=1S/2C45H26N4OS/c2*1-3-12-27(13-4-1)30-18-11-20-36-40(30)32-23-22-29(26-37(32)50-36)44-46-43(28-14-5-2-6-15-28)47-45(48-44)49-34-19-9-7-16-31(34)41-35(49)24-25-39-42(41)33-17-8-10-21-38(33)51-39/h2*1-26H/i1D,3D,4D,7D,8D,9D,10D,11D,12D,13D,16D,17D,18D,19D,20D,21D,22D,23D,24D,25D,26D;1D,3D,4D,7D,8D,9D,10D,12D,13D,16D,17D,19D,21D,24D,25D. The van der Waals surface area contributed by atoms with E-state index in [9.17, 15) is 15.1 Å². The molecule has 0 aliphatic carbocycles. The first-order valence-electron chi connectivity index (χ1n) is 49.0. The average Bonchev–Trinajstić information content (AvgIpc) is 1.52. The number of fused-ring (bicyclic) bond motifs is 20. The number of para-hydroxylation sites is 2. The Kier molecular flexibility index (Phi) is 7.41. The Bertz CT molecular complexity index is 9390. The molecule has 8 aromatic heterocycles. The SMILES string of the molecule is [2H]c1c([2H])c([2H])c(-c2c([2H])c([2H])c([2H])c3oc4c([2H])c(-c5nc(-c6ccccc6)nc(-n6c7c([2H])c([2H])c([2H])c([2H])c7c7c8c(sc9c([2H])c([2H])c([2H])c([2H])c98)c([2H])c([2H])c76)n5)c([2H])c([2H])c4c23)c([2H])c1[2H].[2H]c1c([2H])c([2H])c(-c2cccc3oc4cc(-c5nc(-c6ccccc6)nc(-n6c7c([2H])c([2H])c([2H])c([2H])c7c7c8c(sc9c([2H])c([2H])c([2H])c([2H])c98)c([2H])c([2H])c76)n5)ccc4c23)c([2H])c1[2H]. The molecule has 22 aromatic rings. The summed E-state index contributed by atoms with van der Waals surface area (Å²) >= 11 is 1.72. The highest BCUT2D eigenvalue weighted by atomic mass is 32.1. The van der Waals surface area contributed by atoms with Gasteiger partial charge in [-0.25, -0.2) is 9.97 Å². The van der Waals surface area contributed by atoms with E-state index >= 15 is 0 Å². The molecule has 0 aliphatic heterocycles. The van der Waals surface area contributed by atoms with Crippen molar-refractivity contribution >= 4 is 151 Å². The van der Waals surface area contributed by atoms with Crippen LogP contribution in [-0.4, -0.2) is 39.0 Å². The van der Waals surface area contributed by atoms with Gasteiger partial charge in [0.1, 0.15) is 22.3 Å². The minimum absolute atomic E-state index is 0.00355. The molecule has 0 spiro atoms. The number of hydrogen-bond donors (Lipinski definition) is 0. The molecule has 22 rings (SSSR count). The van der Waals surface area contributed by atoms with E-state index in [0.717, 1.165) is 27.2 Å². The first-order chi connectivity index (χ1) is 65.5. The Labute approximate surface area is 640 Å². The molecule has 102 heavy (non-hydrogen) atoms. The largest absolute Gasteiger partial charge is 0.456 e. The van der Waals surface area contributed by atoms with Gasteiger partial charge in [0.25, 0.3) is 0 Å². The summed E-state index contributed by atoms with van der Waals surface area (Å²) in [7, 11) is 0. The minimum Gasteiger partial charge on any atom is -0.456 e. The van der Waals surface area contributed by atoms with Crippen LogP contribution in [-0.2, 0) is 0 Å². The smallest absolute Gasteiger partial charge is 0.238 e. The van der Waals surface area contributed by atoms with Crippen LogP contribution in [0.2, 0.25) is 0 Å². The van der Waals surface area contributed by atoms with Crippen LogP contribution >= 0.6 is 22.7 Å². The summed E-state index contributed by atoms with van der Waals surface area (Å²) in [6.07, 6.45) is 0. The minimum atomic E-state index is -0.778. The molecule has 0 atom stereocenters. The molecule has 10 nitrogen and oxygen atoms in total. The lowest BCUT2D eigenvalue weighted by Gasteiger charge is -2.11. The zero-order valence-electron chi connectivity index (χ0n) is 87.4. The van der Waals surface area contributed by atoms with E-state index in [-0.39, 0.29) is 148 Å². The van der Waals surface area contributed by atoms with Gasteiger partial charge in [0, 0.05) is 106 Å². The van der Waals surface area contributed by atoms with Gasteiger partial charge in [0.2, 0.25) is 11.9 Å². The first kappa shape index (κ1) is 32.6. The maximum Gasteiger partial charge on any atom is 0.238 e. The van der Waals surface area contributed by atoms with Crippen molar-refractivity contribution in [2.24, 2.45) is 0 Å². The van der Waals surface area contributed by atoms with Gasteiger partial charge in [-0.1, -0.05) is 230 Å². The lowest BCUT2D eigenvalue weighted by molar-refractivity contribution is 0.668. The third-order valence-corrected chi connectivity index (χ3v) is 19.3. The molecule has 12 heteroatoms. The van der Waals surface area contributed by atoms with Gasteiger partial charge in [0.05, 0.1) is 71.4 Å². The van der Waals surface area contributed by atoms with E-state index < -0.39 is 233 Å². The summed E-state index contributed by atoms with van der Waals surface area (Å²) in [5, 5.41) is 0.137. The molecule has 14 aromatic carbocycles. The van der Waals surface area contributed by atoms with Crippen molar-refractivity contribution in [2.45, 2.75) is 0 Å². The van der Waals surface area contributed by atoms with Crippen LogP contribution < -0.4 is 0 Å². The maximum atomic E-state index is 9.62. The third kappa shape index (κ3) is 9.24. The van der Waals surface area contributed by atoms with Gasteiger partial charge in [-0.05, 0) is 107 Å². The highest BCUT2D eigenvalue weighted by Gasteiger charge is 2.25. The summed E-state index contributed by atoms with van der Waals surface area (Å²) in [6.45, 7) is 0. The zero-order valence-corrected chi connectivity index (χ0v) is 53.1. The van der Waals surface area contributed by atoms with Crippen LogP contribution in [0.1, 0.15) is 49.3 Å². The number of furan rings is 2. The van der Waals surface area contributed by atoms with Gasteiger partial charge < -0.3 is 8.83 Å². The van der Waals surface area contributed by atoms with E-state index in [1.807, 2.05) is 0 Å². The van der Waals surface area contributed by atoms with Gasteiger partial charge in [0.15, 0.2) is 23.3 Å². The molecule has 476 valence electrons. The third-order valence-electron chi connectivity index (χ3n) is 17.2. The van der Waals surface area contributed by atoms with Crippen molar-refractivity contribution in [3.05, 3.63) is 315 Å². The Morgan fingerprint density at radius 3 is 1.35 bits per heavy atom. The summed E-state index contributed by atoms with van der Waals surface area (Å²) < 4.78 is 333. The monoisotopic (exact) mass is 1380 g/mol. The molecular formula is C90H52N8O2S2. The molecule has 0 saturated carbocycles. The molecule has 0 amide bonds. The topological polar surface area (TPSA) is 113 Å². The van der Waals surface area contributed by atoms with Gasteiger partial charge in [-0.3, -0.25) is 9.13 Å². The van der Waals surface area contributed by atoms with Gasteiger partial charge >= 0.3 is 0 Å². The van der Waals surface area contributed by atoms with Crippen molar-refractivity contribution < 1.29 is 58.2 Å². The van der Waals surface area contributed by atoms with Crippen LogP contribution in [0.15, 0.2) is 323 Å². The molecule has 0 saturated heterocycles. The number of nitrogens with zero attached hydrogens (tertiary/aromatic N) is 8. The van der Waals surface area contributed by atoms with E-state index in [2.05, 4.69) is 4.98 Å². The summed E-state index contributed by atoms with van der Waals surface area (Å²) in [5.41, 5.74) is -1.05. The highest BCUT2D eigenvalue weighted by Crippen LogP contribution is 2.47. The van der Waals surface area contributed by atoms with Crippen LogP contribution in [0.5, 0.6) is 0 Å². The van der Waals surface area contributed by atoms with Crippen LogP contribution in [0.25, 0.3) is 208 Å². The van der Waals surface area contributed by atoms with Gasteiger partial charge in [-0.15, -0.1) is 22.7 Å². The fraction of sp³-hybridized carbons (Fsp3) is 0. The van der Waals surface area contributed by atoms with Crippen LogP contribution in [0, 0.1) is 0 Å². The normalized spacial score (nSPS) is 16.9. The molecule has 8 heterocycles. The lowest BCUT2D eigenvalue weighted by atomic mass is 9.99. The summed E-state index contributed by atoms with van der Waals surface area (Å²) in [4.78, 5) is 28.7. The fourth-order valence-electron chi connectivity index (χ4n) is 12.9. The van der Waals surface area contributed by atoms with Crippen molar-refractivity contribution in [2.75, 3.05) is 0 Å². The summed E-state index contributed by atoms with van der Waals surface area (Å²) in [5.74, 6) is -1.14. The van der Waals surface area contributed by atoms with Crippen molar-refractivity contribution in [1.82, 2.24) is 39.0 Å². The number of aromatic nitrogens is 8. The predicted molar refractivity (Wildman–Crippen MR) is 421 cm³/mol. The van der Waals surface area contributed by atoms with E-state index in [0.29, 0.717) is 44.2 Å². The number of thiophene rings is 2. The molecular weight excluding hydrogens is 1290 g/mol. The van der Waals surface area contributed by atoms with Crippen molar-refractivity contribution in [3.8, 4) is 79.7 Å². The van der Waals surface area contributed by atoms with Crippen LogP contribution in [0.3, 0.4) is 0 Å². The van der Waals surface area contributed by atoms with E-state index in [4.69, 9.17) is 68.0 Å². The number of benzene rings is 14. The Balaban J connectivity index is 0.000000165. The molecule has 0 aliphatic rings. The molecule has 0 bridgehead atoms. The maximum absolute atomic E-state index is 9.62. The molecule has 0 radical (unpaired) electrons. The Morgan fingerprint density at radius 1 is 0.265 bits per heavy atom. The van der Waals surface area contributed by atoms with E-state index in [1.54, 1.807) is 97.1 Å². The number of hydrogen-bond acceptors (Lipinski definition) is 10. The second-order valence-corrected chi connectivity index (χ2v) is 24.9. The second kappa shape index (κ2) is 23.2. The molecule has 0 unspecified atom stereocenters. The summed E-state index contributed by atoms with van der Waals surface area (Å²) in [6, 6.07) is 6.21. The Hall–Kier alpha value is -13.3. The van der Waals surface area contributed by atoms with Crippen molar-refractivity contribution in [1.29, 1.82) is 0 Å². The number of rotatable bonds is 8. The Morgan fingerprint density at radius 2 is 0.765 bits per heavy atom. The quantitative estimate of drug-likeness (QED) is 0.148. The second-order valence-electron chi connectivity index (χ2n) is 22.9. The first-order valence-corrected chi connectivity index (χ1v) is 32.6. The molecule has 0 fully saturated rings. The highest BCUT2D eigenvalue weighted by molar-refractivity contribution is 7.26. The van der Waals surface area contributed by atoms with Gasteiger partial charge in [-0.2, -0.15) is 19.9 Å².